The molecule has 0 radical (unpaired) electrons. The molecule has 1 fully saturated rings. The molecule has 4 rings (SSSR count). The van der Waals surface area contributed by atoms with Crippen LogP contribution in [0.4, 0.5) is 0 Å². The third-order valence-corrected chi connectivity index (χ3v) is 9.65. The van der Waals surface area contributed by atoms with Crippen LogP contribution in [0.2, 0.25) is 0 Å². The highest BCUT2D eigenvalue weighted by molar-refractivity contribution is 7.89. The van der Waals surface area contributed by atoms with Crippen molar-refractivity contribution in [1.82, 2.24) is 18.4 Å². The van der Waals surface area contributed by atoms with E-state index in [4.69, 9.17) is 9.47 Å². The lowest BCUT2D eigenvalue weighted by atomic mass is 10.3. The van der Waals surface area contributed by atoms with Gasteiger partial charge in [-0.15, -0.1) is 0 Å². The summed E-state index contributed by atoms with van der Waals surface area (Å²) in [5, 5.41) is 4.21. The van der Waals surface area contributed by atoms with Gasteiger partial charge in [-0.3, -0.25) is 4.68 Å². The van der Waals surface area contributed by atoms with Gasteiger partial charge in [0.15, 0.2) is 11.5 Å². The zero-order valence-corrected chi connectivity index (χ0v) is 19.4. The summed E-state index contributed by atoms with van der Waals surface area (Å²) in [5.74, 6) is 0.912. The molecule has 0 amide bonds. The van der Waals surface area contributed by atoms with Crippen molar-refractivity contribution in [3.05, 3.63) is 29.6 Å². The Labute approximate surface area is 182 Å². The van der Waals surface area contributed by atoms with Crippen molar-refractivity contribution in [2.75, 3.05) is 39.4 Å². The molecule has 31 heavy (non-hydrogen) atoms. The molecular formula is C19H26N4O6S2. The van der Waals surface area contributed by atoms with Gasteiger partial charge in [-0.25, -0.2) is 16.8 Å². The van der Waals surface area contributed by atoms with Crippen LogP contribution in [0.15, 0.2) is 28.0 Å². The Hall–Kier alpha value is -2.15. The number of ether oxygens (including phenoxy) is 2. The molecule has 0 aliphatic carbocycles. The molecule has 1 saturated heterocycles. The number of hydrogen-bond acceptors (Lipinski definition) is 7. The first-order chi connectivity index (χ1) is 14.6. The Morgan fingerprint density at radius 2 is 1.48 bits per heavy atom. The van der Waals surface area contributed by atoms with Gasteiger partial charge in [-0.2, -0.15) is 13.7 Å². The van der Waals surface area contributed by atoms with Gasteiger partial charge in [-0.05, 0) is 32.4 Å². The summed E-state index contributed by atoms with van der Waals surface area (Å²) in [5.41, 5.74) is 0.993. The smallest absolute Gasteiger partial charge is 0.246 e. The molecule has 0 spiro atoms. The molecule has 2 aliphatic rings. The van der Waals surface area contributed by atoms with E-state index >= 15 is 0 Å². The van der Waals surface area contributed by atoms with Crippen LogP contribution >= 0.6 is 0 Å². The molecule has 0 saturated carbocycles. The molecule has 3 heterocycles. The standard InChI is InChI=1S/C19H26N4O6S2/c1-14-19(15(2)21(3)20-14)31(26,27)23-8-4-7-22(9-10-23)30(24,25)16-5-6-17-18(13-16)29-12-11-28-17/h5-6,13H,4,7-12H2,1-3H3. The van der Waals surface area contributed by atoms with E-state index in [1.165, 1.54) is 20.7 Å². The van der Waals surface area contributed by atoms with Crippen molar-refractivity contribution in [3.8, 4) is 11.5 Å². The number of aryl methyl sites for hydroxylation is 2. The Morgan fingerprint density at radius 1 is 0.871 bits per heavy atom. The minimum absolute atomic E-state index is 0.0639. The van der Waals surface area contributed by atoms with Crippen molar-refractivity contribution in [1.29, 1.82) is 0 Å². The third-order valence-electron chi connectivity index (χ3n) is 5.61. The predicted octanol–water partition coefficient (Wildman–Crippen LogP) is 0.893. The second-order valence-corrected chi connectivity index (χ2v) is 11.4. The van der Waals surface area contributed by atoms with Crippen molar-refractivity contribution in [3.63, 3.8) is 0 Å². The van der Waals surface area contributed by atoms with E-state index in [-0.39, 0.29) is 36.0 Å². The first-order valence-corrected chi connectivity index (χ1v) is 12.9. The zero-order valence-electron chi connectivity index (χ0n) is 17.7. The van der Waals surface area contributed by atoms with Crippen molar-refractivity contribution >= 4 is 20.0 Å². The summed E-state index contributed by atoms with van der Waals surface area (Å²) in [6.45, 7) is 4.76. The number of fused-ring (bicyclic) bond motifs is 1. The summed E-state index contributed by atoms with van der Waals surface area (Å²) < 4.78 is 68.1. The maximum Gasteiger partial charge on any atom is 0.246 e. The Kier molecular flexibility index (Phi) is 5.75. The number of aromatic nitrogens is 2. The maximum atomic E-state index is 13.3. The van der Waals surface area contributed by atoms with E-state index in [1.54, 1.807) is 31.6 Å². The topological polar surface area (TPSA) is 111 Å². The summed E-state index contributed by atoms with van der Waals surface area (Å²) in [4.78, 5) is 0.296. The molecule has 0 unspecified atom stereocenters. The number of rotatable bonds is 4. The normalized spacial score (nSPS) is 18.7. The average molecular weight is 471 g/mol. The minimum Gasteiger partial charge on any atom is -0.486 e. The Bertz CT molecular complexity index is 1210. The molecule has 2 aliphatic heterocycles. The quantitative estimate of drug-likeness (QED) is 0.653. The number of benzene rings is 1. The molecule has 2 aromatic rings. The SMILES string of the molecule is Cc1nn(C)c(C)c1S(=O)(=O)N1CCCN(S(=O)(=O)c2ccc3c(c2)OCCO3)CC1. The van der Waals surface area contributed by atoms with Crippen LogP contribution in [-0.4, -0.2) is 74.6 Å². The third kappa shape index (κ3) is 3.93. The van der Waals surface area contributed by atoms with Gasteiger partial charge in [0.2, 0.25) is 20.0 Å². The number of sulfonamides is 2. The molecule has 0 N–H and O–H groups in total. The average Bonchev–Trinajstić information content (AvgIpc) is 2.91. The van der Waals surface area contributed by atoms with Gasteiger partial charge in [-0.1, -0.05) is 0 Å². The number of hydrogen-bond donors (Lipinski definition) is 0. The second-order valence-electron chi connectivity index (χ2n) is 7.59. The lowest BCUT2D eigenvalue weighted by Gasteiger charge is -2.23. The molecule has 170 valence electrons. The molecule has 1 aromatic carbocycles. The van der Waals surface area contributed by atoms with E-state index < -0.39 is 20.0 Å². The second kappa shape index (κ2) is 8.08. The van der Waals surface area contributed by atoms with Crippen LogP contribution in [0, 0.1) is 13.8 Å². The van der Waals surface area contributed by atoms with Crippen LogP contribution in [0.1, 0.15) is 17.8 Å². The van der Waals surface area contributed by atoms with Gasteiger partial charge in [0, 0.05) is 39.3 Å². The predicted molar refractivity (Wildman–Crippen MR) is 112 cm³/mol. The van der Waals surface area contributed by atoms with E-state index in [9.17, 15) is 16.8 Å². The summed E-state index contributed by atoms with van der Waals surface area (Å²) in [6.07, 6.45) is 0.390. The van der Waals surface area contributed by atoms with Crippen molar-refractivity contribution in [2.24, 2.45) is 7.05 Å². The lowest BCUT2D eigenvalue weighted by molar-refractivity contribution is 0.171. The highest BCUT2D eigenvalue weighted by Crippen LogP contribution is 2.33. The van der Waals surface area contributed by atoms with Crippen LogP contribution in [-0.2, 0) is 27.1 Å². The first kappa shape index (κ1) is 22.1. The van der Waals surface area contributed by atoms with Gasteiger partial charge in [0.05, 0.1) is 16.3 Å². The van der Waals surface area contributed by atoms with Crippen LogP contribution < -0.4 is 9.47 Å². The highest BCUT2D eigenvalue weighted by atomic mass is 32.2. The van der Waals surface area contributed by atoms with Gasteiger partial charge in [0.25, 0.3) is 0 Å². The van der Waals surface area contributed by atoms with Gasteiger partial charge in [0.1, 0.15) is 18.1 Å². The Balaban J connectivity index is 1.56. The van der Waals surface area contributed by atoms with E-state index in [0.717, 1.165) is 0 Å². The fourth-order valence-electron chi connectivity index (χ4n) is 3.94. The van der Waals surface area contributed by atoms with Crippen molar-refractivity contribution in [2.45, 2.75) is 30.1 Å². The van der Waals surface area contributed by atoms with Crippen LogP contribution in [0.5, 0.6) is 11.5 Å². The van der Waals surface area contributed by atoms with E-state index in [2.05, 4.69) is 5.10 Å². The molecule has 10 nitrogen and oxygen atoms in total. The molecule has 1 aromatic heterocycles. The minimum atomic E-state index is -3.80. The van der Waals surface area contributed by atoms with Gasteiger partial charge >= 0.3 is 0 Å². The highest BCUT2D eigenvalue weighted by Gasteiger charge is 2.34. The molecule has 0 bridgehead atoms. The maximum absolute atomic E-state index is 13.3. The fraction of sp³-hybridized carbons (Fsp3) is 0.526. The molecule has 0 atom stereocenters. The van der Waals surface area contributed by atoms with Crippen LogP contribution in [0.3, 0.4) is 0 Å². The summed E-state index contributed by atoms with van der Waals surface area (Å²) in [7, 11) is -5.88. The monoisotopic (exact) mass is 470 g/mol. The largest absolute Gasteiger partial charge is 0.486 e. The Morgan fingerprint density at radius 3 is 2.10 bits per heavy atom. The fourth-order valence-corrected chi connectivity index (χ4v) is 7.30. The summed E-state index contributed by atoms with van der Waals surface area (Å²) in [6, 6.07) is 4.54. The lowest BCUT2D eigenvalue weighted by Crippen LogP contribution is -2.37. The van der Waals surface area contributed by atoms with E-state index in [0.29, 0.717) is 42.5 Å². The molecule has 12 heteroatoms. The molecular weight excluding hydrogens is 444 g/mol. The zero-order chi connectivity index (χ0) is 22.4. The summed E-state index contributed by atoms with van der Waals surface area (Å²) >= 11 is 0. The first-order valence-electron chi connectivity index (χ1n) is 10.0. The number of nitrogens with zero attached hydrogens (tertiary/aromatic N) is 4. The van der Waals surface area contributed by atoms with E-state index in [1.807, 2.05) is 0 Å². The van der Waals surface area contributed by atoms with Gasteiger partial charge < -0.3 is 9.47 Å². The van der Waals surface area contributed by atoms with Crippen molar-refractivity contribution < 1.29 is 26.3 Å². The van der Waals surface area contributed by atoms with Crippen LogP contribution in [0.25, 0.3) is 0 Å².